The second kappa shape index (κ2) is 5.84. The van der Waals surface area contributed by atoms with Gasteiger partial charge >= 0.3 is 0 Å². The lowest BCUT2D eigenvalue weighted by Crippen LogP contribution is -1.92. The average molecular weight is 183 g/mol. The summed E-state index contributed by atoms with van der Waals surface area (Å²) in [6.45, 7) is 0. The predicted molar refractivity (Wildman–Crippen MR) is 46.6 cm³/mol. The molecular formula is C8H9NO4. The second-order valence-corrected chi connectivity index (χ2v) is 1.93. The number of hydrogen-bond acceptors (Lipinski definition) is 4. The van der Waals surface area contributed by atoms with E-state index in [9.17, 15) is 14.9 Å². The number of nitrogens with zero attached hydrogens (tertiary/aromatic N) is 1. The monoisotopic (exact) mass is 183 g/mol. The Kier molecular flexibility index (Phi) is 5.06. The number of aldehydes is 1. The molecule has 0 fully saturated rings. The molecule has 0 aliphatic rings. The molecule has 0 aliphatic carbocycles. The predicted octanol–water partition coefficient (Wildman–Crippen LogP) is 1.02. The van der Waals surface area contributed by atoms with Crippen molar-refractivity contribution in [3.05, 3.63) is 39.9 Å². The fourth-order valence-corrected chi connectivity index (χ4v) is 0.753. The first-order chi connectivity index (χ1) is 6.25. The molecule has 0 atom stereocenters. The van der Waals surface area contributed by atoms with Gasteiger partial charge < -0.3 is 5.11 Å². The van der Waals surface area contributed by atoms with Crippen molar-refractivity contribution < 1.29 is 14.8 Å². The quantitative estimate of drug-likeness (QED) is 0.421. The van der Waals surface area contributed by atoms with E-state index in [1.807, 2.05) is 0 Å². The largest absolute Gasteiger partial charge is 0.400 e. The zero-order valence-electron chi connectivity index (χ0n) is 7.01. The zero-order valence-corrected chi connectivity index (χ0v) is 7.01. The molecule has 1 aromatic rings. The van der Waals surface area contributed by atoms with E-state index >= 15 is 0 Å². The van der Waals surface area contributed by atoms with Crippen LogP contribution >= 0.6 is 0 Å². The third-order valence-electron chi connectivity index (χ3n) is 1.26. The van der Waals surface area contributed by atoms with Crippen molar-refractivity contribution in [3.8, 4) is 0 Å². The van der Waals surface area contributed by atoms with Crippen LogP contribution in [0.25, 0.3) is 0 Å². The van der Waals surface area contributed by atoms with Gasteiger partial charge in [-0.05, 0) is 6.07 Å². The Balaban J connectivity index is 0.000000671. The van der Waals surface area contributed by atoms with Crippen molar-refractivity contribution >= 4 is 12.0 Å². The van der Waals surface area contributed by atoms with Crippen LogP contribution in [-0.4, -0.2) is 23.4 Å². The van der Waals surface area contributed by atoms with Gasteiger partial charge in [0, 0.05) is 13.2 Å². The number of carbonyl (C=O) groups is 1. The summed E-state index contributed by atoms with van der Waals surface area (Å²) in [5.74, 6) is 0. The van der Waals surface area contributed by atoms with Crippen LogP contribution in [0.3, 0.4) is 0 Å². The van der Waals surface area contributed by atoms with E-state index in [0.717, 1.165) is 7.11 Å². The third-order valence-corrected chi connectivity index (χ3v) is 1.26. The summed E-state index contributed by atoms with van der Waals surface area (Å²) in [5.41, 5.74) is -0.0417. The normalized spacial score (nSPS) is 8.15. The fourth-order valence-electron chi connectivity index (χ4n) is 0.753. The van der Waals surface area contributed by atoms with Crippen molar-refractivity contribution in [1.29, 1.82) is 0 Å². The maximum Gasteiger partial charge on any atom is 0.279 e. The van der Waals surface area contributed by atoms with E-state index in [0.29, 0.717) is 6.29 Å². The van der Waals surface area contributed by atoms with Gasteiger partial charge in [-0.15, -0.1) is 0 Å². The maximum atomic E-state index is 10.2. The number of nitro groups is 1. The SMILES string of the molecule is CO.O=Cc1ccccc1[N+](=O)[O-]. The molecule has 0 aliphatic heterocycles. The molecule has 5 heteroatoms. The van der Waals surface area contributed by atoms with E-state index in [1.54, 1.807) is 6.07 Å². The van der Waals surface area contributed by atoms with E-state index in [1.165, 1.54) is 18.2 Å². The van der Waals surface area contributed by atoms with Crippen molar-refractivity contribution in [3.63, 3.8) is 0 Å². The van der Waals surface area contributed by atoms with Crippen LogP contribution in [-0.2, 0) is 0 Å². The Hall–Kier alpha value is -1.75. The van der Waals surface area contributed by atoms with Crippen LogP contribution in [0, 0.1) is 10.1 Å². The standard InChI is InChI=1S/C7H5NO3.CH4O/c9-5-6-3-1-2-4-7(6)8(10)11;1-2/h1-5H;2H,1H3. The van der Waals surface area contributed by atoms with Gasteiger partial charge in [-0.1, -0.05) is 12.1 Å². The van der Waals surface area contributed by atoms with E-state index < -0.39 is 4.92 Å². The van der Waals surface area contributed by atoms with Crippen molar-refractivity contribution in [2.45, 2.75) is 0 Å². The lowest BCUT2D eigenvalue weighted by Gasteiger charge is -1.91. The lowest BCUT2D eigenvalue weighted by atomic mass is 10.2. The van der Waals surface area contributed by atoms with Crippen LogP contribution in [0.2, 0.25) is 0 Å². The molecule has 0 saturated carbocycles. The van der Waals surface area contributed by atoms with Gasteiger partial charge in [-0.3, -0.25) is 14.9 Å². The number of nitro benzene ring substituents is 1. The minimum absolute atomic E-state index is 0.109. The maximum absolute atomic E-state index is 10.2. The summed E-state index contributed by atoms with van der Waals surface area (Å²) in [6, 6.07) is 5.80. The van der Waals surface area contributed by atoms with Crippen LogP contribution in [0.5, 0.6) is 0 Å². The molecule has 13 heavy (non-hydrogen) atoms. The number of benzene rings is 1. The number of hydrogen-bond donors (Lipinski definition) is 1. The molecule has 70 valence electrons. The van der Waals surface area contributed by atoms with Crippen LogP contribution < -0.4 is 0 Å². The fraction of sp³-hybridized carbons (Fsp3) is 0.125. The van der Waals surface area contributed by atoms with Crippen molar-refractivity contribution in [2.24, 2.45) is 0 Å². The van der Waals surface area contributed by atoms with Gasteiger partial charge in [0.1, 0.15) is 0 Å². The van der Waals surface area contributed by atoms with E-state index in [2.05, 4.69) is 0 Å². The minimum Gasteiger partial charge on any atom is -0.400 e. The Morgan fingerprint density at radius 2 is 1.92 bits per heavy atom. The highest BCUT2D eigenvalue weighted by Gasteiger charge is 2.09. The smallest absolute Gasteiger partial charge is 0.279 e. The first kappa shape index (κ1) is 11.2. The van der Waals surface area contributed by atoms with Gasteiger partial charge in [-0.2, -0.15) is 0 Å². The number of aliphatic hydroxyl groups is 1. The van der Waals surface area contributed by atoms with Gasteiger partial charge in [0.05, 0.1) is 10.5 Å². The molecule has 0 heterocycles. The molecule has 5 nitrogen and oxygen atoms in total. The zero-order chi connectivity index (χ0) is 10.3. The Labute approximate surface area is 74.8 Å². The molecule has 0 radical (unpaired) electrons. The Morgan fingerprint density at radius 3 is 2.31 bits per heavy atom. The van der Waals surface area contributed by atoms with Crippen LogP contribution in [0.15, 0.2) is 24.3 Å². The topological polar surface area (TPSA) is 80.4 Å². The Morgan fingerprint density at radius 1 is 1.38 bits per heavy atom. The first-order valence-corrected chi connectivity index (χ1v) is 3.39. The highest BCUT2D eigenvalue weighted by atomic mass is 16.6. The first-order valence-electron chi connectivity index (χ1n) is 3.39. The van der Waals surface area contributed by atoms with Crippen LogP contribution in [0.4, 0.5) is 5.69 Å². The Bertz CT molecular complexity index is 298. The van der Waals surface area contributed by atoms with Crippen LogP contribution in [0.1, 0.15) is 10.4 Å². The van der Waals surface area contributed by atoms with E-state index in [4.69, 9.17) is 5.11 Å². The number of carbonyl (C=O) groups excluding carboxylic acids is 1. The second-order valence-electron chi connectivity index (χ2n) is 1.93. The van der Waals surface area contributed by atoms with Gasteiger partial charge in [-0.25, -0.2) is 0 Å². The molecule has 1 rings (SSSR count). The molecule has 0 saturated heterocycles. The molecule has 0 bridgehead atoms. The molecule has 0 aromatic heterocycles. The summed E-state index contributed by atoms with van der Waals surface area (Å²) < 4.78 is 0. The van der Waals surface area contributed by atoms with Crippen molar-refractivity contribution in [2.75, 3.05) is 7.11 Å². The molecule has 0 amide bonds. The van der Waals surface area contributed by atoms with Gasteiger partial charge in [0.15, 0.2) is 6.29 Å². The van der Waals surface area contributed by atoms with Crippen molar-refractivity contribution in [1.82, 2.24) is 0 Å². The summed E-state index contributed by atoms with van der Waals surface area (Å²) in [4.78, 5) is 19.9. The highest BCUT2D eigenvalue weighted by molar-refractivity contribution is 5.81. The average Bonchev–Trinajstić information content (AvgIpc) is 2.20. The number of aliphatic hydroxyl groups excluding tert-OH is 1. The minimum atomic E-state index is -0.580. The summed E-state index contributed by atoms with van der Waals surface area (Å²) >= 11 is 0. The van der Waals surface area contributed by atoms with Gasteiger partial charge in [0.25, 0.3) is 5.69 Å². The third kappa shape index (κ3) is 3.00. The molecule has 1 aromatic carbocycles. The molecular weight excluding hydrogens is 174 g/mol. The molecule has 0 unspecified atom stereocenters. The number of rotatable bonds is 2. The lowest BCUT2D eigenvalue weighted by molar-refractivity contribution is -0.385. The summed E-state index contributed by atoms with van der Waals surface area (Å²) in [7, 11) is 1.00. The molecule has 0 spiro atoms. The van der Waals surface area contributed by atoms with E-state index in [-0.39, 0.29) is 11.3 Å². The molecule has 1 N–H and O–H groups in total. The highest BCUT2D eigenvalue weighted by Crippen LogP contribution is 2.14. The van der Waals surface area contributed by atoms with Gasteiger partial charge in [0.2, 0.25) is 0 Å². The summed E-state index contributed by atoms with van der Waals surface area (Å²) in [5, 5.41) is 17.2. The summed E-state index contributed by atoms with van der Waals surface area (Å²) in [6.07, 6.45) is 0.470. The number of para-hydroxylation sites is 1.